The van der Waals surface area contributed by atoms with Gasteiger partial charge in [-0.25, -0.2) is 0 Å². The molecule has 1 fully saturated rings. The molecule has 1 N–H and O–H groups in total. The second-order valence-electron chi connectivity index (χ2n) is 9.12. The normalized spacial score (nSPS) is 15.5. The summed E-state index contributed by atoms with van der Waals surface area (Å²) in [5, 5.41) is 2.86. The first kappa shape index (κ1) is 20.9. The number of nitrogens with zero attached hydrogens (tertiary/aromatic N) is 2. The quantitative estimate of drug-likeness (QED) is 0.866. The van der Waals surface area contributed by atoms with E-state index in [2.05, 4.69) is 5.32 Å². The Morgan fingerprint density at radius 2 is 1.41 bits per heavy atom. The molecule has 1 heterocycles. The van der Waals surface area contributed by atoms with E-state index in [1.165, 1.54) is 0 Å². The van der Waals surface area contributed by atoms with Gasteiger partial charge in [0.1, 0.15) is 0 Å². The second-order valence-corrected chi connectivity index (χ2v) is 9.12. The zero-order valence-electron chi connectivity index (χ0n) is 17.3. The highest BCUT2D eigenvalue weighted by atomic mass is 16.2. The van der Waals surface area contributed by atoms with Gasteiger partial charge in [0.15, 0.2) is 0 Å². The second kappa shape index (κ2) is 7.71. The molecule has 0 spiro atoms. The minimum atomic E-state index is -0.504. The maximum atomic E-state index is 12.8. The molecule has 0 unspecified atom stereocenters. The van der Waals surface area contributed by atoms with E-state index < -0.39 is 10.8 Å². The van der Waals surface area contributed by atoms with Gasteiger partial charge in [-0.15, -0.1) is 0 Å². The zero-order valence-corrected chi connectivity index (χ0v) is 17.3. The minimum absolute atomic E-state index is 0.0790. The summed E-state index contributed by atoms with van der Waals surface area (Å²) in [7, 11) is 0. The molecule has 0 aliphatic carbocycles. The lowest BCUT2D eigenvalue weighted by Crippen LogP contribution is -2.53. The Balaban J connectivity index is 2.02. The SMILES string of the molecule is CC(C)(C)C(=O)Nc1cccc(C(=O)N2CCN(C(=O)C(C)(C)C)CC2)c1. The average molecular weight is 373 g/mol. The van der Waals surface area contributed by atoms with Crippen molar-refractivity contribution in [2.75, 3.05) is 31.5 Å². The third-order valence-electron chi connectivity index (χ3n) is 4.54. The Labute approximate surface area is 161 Å². The van der Waals surface area contributed by atoms with Gasteiger partial charge in [-0.05, 0) is 18.2 Å². The van der Waals surface area contributed by atoms with Crippen molar-refractivity contribution >= 4 is 23.4 Å². The lowest BCUT2D eigenvalue weighted by atomic mass is 9.94. The van der Waals surface area contributed by atoms with Crippen molar-refractivity contribution in [1.82, 2.24) is 9.80 Å². The van der Waals surface area contributed by atoms with Crippen molar-refractivity contribution in [3.8, 4) is 0 Å². The van der Waals surface area contributed by atoms with Gasteiger partial charge < -0.3 is 15.1 Å². The molecule has 27 heavy (non-hydrogen) atoms. The van der Waals surface area contributed by atoms with Gasteiger partial charge in [-0.2, -0.15) is 0 Å². The van der Waals surface area contributed by atoms with Crippen LogP contribution in [-0.4, -0.2) is 53.7 Å². The highest BCUT2D eigenvalue weighted by Crippen LogP contribution is 2.21. The van der Waals surface area contributed by atoms with Gasteiger partial charge >= 0.3 is 0 Å². The van der Waals surface area contributed by atoms with Crippen LogP contribution in [0.15, 0.2) is 24.3 Å². The van der Waals surface area contributed by atoms with Gasteiger partial charge in [0.2, 0.25) is 11.8 Å². The molecule has 0 saturated carbocycles. The first-order chi connectivity index (χ1) is 12.4. The lowest BCUT2D eigenvalue weighted by Gasteiger charge is -2.37. The van der Waals surface area contributed by atoms with Crippen LogP contribution in [0.3, 0.4) is 0 Å². The average Bonchev–Trinajstić information content (AvgIpc) is 2.59. The van der Waals surface area contributed by atoms with Gasteiger partial charge in [0, 0.05) is 48.3 Å². The van der Waals surface area contributed by atoms with Crippen molar-refractivity contribution in [3.05, 3.63) is 29.8 Å². The topological polar surface area (TPSA) is 69.7 Å². The fourth-order valence-electron chi connectivity index (χ4n) is 2.82. The summed E-state index contributed by atoms with van der Waals surface area (Å²) in [4.78, 5) is 40.9. The molecule has 0 radical (unpaired) electrons. The number of hydrogen-bond acceptors (Lipinski definition) is 3. The molecule has 6 heteroatoms. The molecule has 2 rings (SSSR count). The van der Waals surface area contributed by atoms with Crippen LogP contribution in [0.25, 0.3) is 0 Å². The van der Waals surface area contributed by atoms with Crippen LogP contribution in [0.2, 0.25) is 0 Å². The Hall–Kier alpha value is -2.37. The van der Waals surface area contributed by atoms with Crippen LogP contribution in [-0.2, 0) is 9.59 Å². The number of carbonyl (C=O) groups is 3. The predicted octanol–water partition coefficient (Wildman–Crippen LogP) is 3.00. The van der Waals surface area contributed by atoms with Gasteiger partial charge in [0.25, 0.3) is 5.91 Å². The number of nitrogens with one attached hydrogen (secondary N) is 1. The van der Waals surface area contributed by atoms with E-state index in [4.69, 9.17) is 0 Å². The molecule has 0 aromatic heterocycles. The third-order valence-corrected chi connectivity index (χ3v) is 4.54. The minimum Gasteiger partial charge on any atom is -0.339 e. The van der Waals surface area contributed by atoms with Crippen molar-refractivity contribution in [2.24, 2.45) is 10.8 Å². The first-order valence-electron chi connectivity index (χ1n) is 9.40. The van der Waals surface area contributed by atoms with E-state index in [1.54, 1.807) is 29.2 Å². The Kier molecular flexibility index (Phi) is 5.97. The Morgan fingerprint density at radius 3 is 1.93 bits per heavy atom. The van der Waals surface area contributed by atoms with E-state index in [0.29, 0.717) is 37.4 Å². The van der Waals surface area contributed by atoms with Crippen LogP contribution < -0.4 is 5.32 Å². The highest BCUT2D eigenvalue weighted by molar-refractivity contribution is 5.98. The maximum Gasteiger partial charge on any atom is 0.254 e. The number of benzene rings is 1. The van der Waals surface area contributed by atoms with Crippen LogP contribution in [0.4, 0.5) is 5.69 Å². The Bertz CT molecular complexity index is 721. The molecule has 0 bridgehead atoms. The van der Waals surface area contributed by atoms with Crippen LogP contribution in [0.5, 0.6) is 0 Å². The standard InChI is InChI=1S/C21H31N3O3/c1-20(2,3)18(26)22-16-9-7-8-15(14-16)17(25)23-10-12-24(13-11-23)19(27)21(4,5)6/h7-9,14H,10-13H2,1-6H3,(H,22,26). The largest absolute Gasteiger partial charge is 0.339 e. The molecule has 1 aromatic rings. The lowest BCUT2D eigenvalue weighted by molar-refractivity contribution is -0.141. The summed E-state index contributed by atoms with van der Waals surface area (Å²) >= 11 is 0. The molecule has 1 aliphatic heterocycles. The maximum absolute atomic E-state index is 12.8. The first-order valence-corrected chi connectivity index (χ1v) is 9.40. The summed E-state index contributed by atoms with van der Waals surface area (Å²) in [5.74, 6) is -0.0624. The van der Waals surface area contributed by atoms with Crippen molar-refractivity contribution in [3.63, 3.8) is 0 Å². The van der Waals surface area contributed by atoms with Crippen molar-refractivity contribution < 1.29 is 14.4 Å². The summed E-state index contributed by atoms with van der Waals surface area (Å²) in [6, 6.07) is 7.01. The van der Waals surface area contributed by atoms with Gasteiger partial charge in [0.05, 0.1) is 0 Å². The molecule has 1 aliphatic rings. The predicted molar refractivity (Wildman–Crippen MR) is 106 cm³/mol. The van der Waals surface area contributed by atoms with Gasteiger partial charge in [-0.3, -0.25) is 14.4 Å². The summed E-state index contributed by atoms with van der Waals surface area (Å²) < 4.78 is 0. The number of piperazine rings is 1. The monoisotopic (exact) mass is 373 g/mol. The van der Waals surface area contributed by atoms with Crippen molar-refractivity contribution in [1.29, 1.82) is 0 Å². The molecule has 148 valence electrons. The van der Waals surface area contributed by atoms with Crippen LogP contribution in [0.1, 0.15) is 51.9 Å². The number of anilines is 1. The van der Waals surface area contributed by atoms with E-state index in [1.807, 2.05) is 46.4 Å². The van der Waals surface area contributed by atoms with E-state index in [0.717, 1.165) is 0 Å². The summed E-state index contributed by atoms with van der Waals surface area (Å²) in [6.45, 7) is 13.4. The fourth-order valence-corrected chi connectivity index (χ4v) is 2.82. The third kappa shape index (κ3) is 5.31. The molecular formula is C21H31N3O3. The smallest absolute Gasteiger partial charge is 0.254 e. The molecule has 0 atom stereocenters. The summed E-state index contributed by atoms with van der Waals surface area (Å²) in [5.41, 5.74) is 0.237. The number of hydrogen-bond donors (Lipinski definition) is 1. The van der Waals surface area contributed by atoms with Gasteiger partial charge in [-0.1, -0.05) is 47.6 Å². The van der Waals surface area contributed by atoms with E-state index in [-0.39, 0.29) is 17.7 Å². The number of rotatable bonds is 2. The zero-order chi connectivity index (χ0) is 20.4. The fraction of sp³-hybridized carbons (Fsp3) is 0.571. The van der Waals surface area contributed by atoms with Crippen LogP contribution >= 0.6 is 0 Å². The molecule has 6 nitrogen and oxygen atoms in total. The molecular weight excluding hydrogens is 342 g/mol. The molecule has 3 amide bonds. The number of amides is 3. The molecule has 1 aromatic carbocycles. The van der Waals surface area contributed by atoms with E-state index >= 15 is 0 Å². The van der Waals surface area contributed by atoms with Crippen molar-refractivity contribution in [2.45, 2.75) is 41.5 Å². The number of carbonyl (C=O) groups excluding carboxylic acids is 3. The van der Waals surface area contributed by atoms with Crippen LogP contribution in [0, 0.1) is 10.8 Å². The van der Waals surface area contributed by atoms with E-state index in [9.17, 15) is 14.4 Å². The highest BCUT2D eigenvalue weighted by Gasteiger charge is 2.31. The summed E-state index contributed by atoms with van der Waals surface area (Å²) in [6.07, 6.45) is 0. The Morgan fingerprint density at radius 1 is 0.852 bits per heavy atom. The molecule has 1 saturated heterocycles.